The zero-order valence-corrected chi connectivity index (χ0v) is 10.2. The summed E-state index contributed by atoms with van der Waals surface area (Å²) in [4.78, 5) is 10.3. The monoisotopic (exact) mass is 240 g/mol. The van der Waals surface area contributed by atoms with Crippen molar-refractivity contribution < 1.29 is 0 Å². The zero-order chi connectivity index (χ0) is 11.4. The molecule has 88 valence electrons. The first-order valence-corrected chi connectivity index (χ1v) is 6.02. The molecule has 4 nitrogen and oxygen atoms in total. The largest absolute Gasteiger partial charge is 0.370 e. The van der Waals surface area contributed by atoms with Gasteiger partial charge in [-0.2, -0.15) is 0 Å². The molecule has 1 aliphatic rings. The lowest BCUT2D eigenvalue weighted by Gasteiger charge is -2.29. The van der Waals surface area contributed by atoms with Crippen LogP contribution in [0.1, 0.15) is 12.8 Å². The van der Waals surface area contributed by atoms with Gasteiger partial charge in [0, 0.05) is 12.6 Å². The molecule has 1 saturated heterocycles. The molecule has 2 heterocycles. The fourth-order valence-electron chi connectivity index (χ4n) is 1.95. The molecule has 0 aliphatic carbocycles. The quantitative estimate of drug-likeness (QED) is 0.820. The Balaban J connectivity index is 1.79. The Labute approximate surface area is 101 Å². The highest BCUT2D eigenvalue weighted by atomic mass is 35.5. The molecule has 2 rings (SSSR count). The summed E-state index contributed by atoms with van der Waals surface area (Å²) in [6.07, 6.45) is 3.99. The summed E-state index contributed by atoms with van der Waals surface area (Å²) in [5.41, 5.74) is 0. The second-order valence-corrected chi connectivity index (χ2v) is 4.74. The van der Waals surface area contributed by atoms with E-state index < -0.39 is 0 Å². The van der Waals surface area contributed by atoms with Gasteiger partial charge in [-0.3, -0.25) is 0 Å². The Kier molecular flexibility index (Phi) is 3.96. The smallest absolute Gasteiger partial charge is 0.134 e. The number of nitrogens with one attached hydrogen (secondary N) is 1. The molecule has 0 radical (unpaired) electrons. The van der Waals surface area contributed by atoms with Crippen LogP contribution in [0.15, 0.2) is 12.4 Å². The molecule has 1 aromatic heterocycles. The second-order valence-electron chi connectivity index (χ2n) is 4.35. The van der Waals surface area contributed by atoms with E-state index in [1.807, 2.05) is 0 Å². The Morgan fingerprint density at radius 1 is 1.44 bits per heavy atom. The molecule has 1 aliphatic heterocycles. The molecular formula is C11H17ClN4. The lowest BCUT2D eigenvalue weighted by Crippen LogP contribution is -2.33. The number of anilines is 1. The second kappa shape index (κ2) is 5.46. The van der Waals surface area contributed by atoms with Gasteiger partial charge in [0.25, 0.3) is 0 Å². The van der Waals surface area contributed by atoms with E-state index in [2.05, 4.69) is 27.2 Å². The van der Waals surface area contributed by atoms with E-state index in [9.17, 15) is 0 Å². The molecule has 1 aromatic rings. The summed E-state index contributed by atoms with van der Waals surface area (Å²) in [6.45, 7) is 3.36. The number of hydrogen-bond acceptors (Lipinski definition) is 4. The van der Waals surface area contributed by atoms with Crippen LogP contribution in [0.25, 0.3) is 0 Å². The molecule has 5 heteroatoms. The number of halogens is 1. The van der Waals surface area contributed by atoms with Crippen LogP contribution in [0, 0.1) is 5.92 Å². The lowest BCUT2D eigenvalue weighted by atomic mass is 9.97. The van der Waals surface area contributed by atoms with Crippen LogP contribution in [0.4, 0.5) is 5.82 Å². The molecule has 0 atom stereocenters. The van der Waals surface area contributed by atoms with E-state index in [1.54, 1.807) is 6.07 Å². The number of nitrogens with zero attached hydrogens (tertiary/aromatic N) is 3. The molecule has 0 aromatic carbocycles. The Morgan fingerprint density at radius 2 is 2.19 bits per heavy atom. The molecular weight excluding hydrogens is 224 g/mol. The highest BCUT2D eigenvalue weighted by molar-refractivity contribution is 6.29. The predicted molar refractivity (Wildman–Crippen MR) is 65.8 cm³/mol. The van der Waals surface area contributed by atoms with Crippen molar-refractivity contribution in [3.05, 3.63) is 17.5 Å². The van der Waals surface area contributed by atoms with Crippen molar-refractivity contribution in [3.8, 4) is 0 Å². The maximum Gasteiger partial charge on any atom is 0.134 e. The topological polar surface area (TPSA) is 41.0 Å². The molecule has 0 saturated carbocycles. The summed E-state index contributed by atoms with van der Waals surface area (Å²) < 4.78 is 0. The van der Waals surface area contributed by atoms with E-state index in [1.165, 1.54) is 32.3 Å². The van der Waals surface area contributed by atoms with Gasteiger partial charge in [0.2, 0.25) is 0 Å². The van der Waals surface area contributed by atoms with E-state index in [4.69, 9.17) is 11.6 Å². The molecule has 0 spiro atoms. The molecule has 1 N–H and O–H groups in total. The van der Waals surface area contributed by atoms with Crippen molar-refractivity contribution in [2.75, 3.05) is 32.0 Å². The third-order valence-corrected chi connectivity index (χ3v) is 3.25. The van der Waals surface area contributed by atoms with Crippen LogP contribution in [-0.4, -0.2) is 41.5 Å². The van der Waals surface area contributed by atoms with Gasteiger partial charge in [-0.05, 0) is 38.9 Å². The van der Waals surface area contributed by atoms with Crippen molar-refractivity contribution in [3.63, 3.8) is 0 Å². The molecule has 0 bridgehead atoms. The zero-order valence-electron chi connectivity index (χ0n) is 9.49. The van der Waals surface area contributed by atoms with Gasteiger partial charge in [0.15, 0.2) is 0 Å². The van der Waals surface area contributed by atoms with Gasteiger partial charge in [-0.25, -0.2) is 9.97 Å². The fraction of sp³-hybridized carbons (Fsp3) is 0.636. The fourth-order valence-corrected chi connectivity index (χ4v) is 2.09. The minimum absolute atomic E-state index is 0.487. The minimum atomic E-state index is 0.487. The van der Waals surface area contributed by atoms with Crippen molar-refractivity contribution in [2.24, 2.45) is 5.92 Å². The van der Waals surface area contributed by atoms with Gasteiger partial charge in [0.1, 0.15) is 17.3 Å². The minimum Gasteiger partial charge on any atom is -0.370 e. The van der Waals surface area contributed by atoms with Gasteiger partial charge < -0.3 is 10.2 Å². The predicted octanol–water partition coefficient (Wildman–Crippen LogP) is 1.88. The van der Waals surface area contributed by atoms with Crippen LogP contribution in [-0.2, 0) is 0 Å². The van der Waals surface area contributed by atoms with Gasteiger partial charge in [-0.15, -0.1) is 0 Å². The van der Waals surface area contributed by atoms with E-state index in [0.717, 1.165) is 18.3 Å². The summed E-state index contributed by atoms with van der Waals surface area (Å²) in [5.74, 6) is 1.56. The Hall–Kier alpha value is -0.870. The van der Waals surface area contributed by atoms with Crippen LogP contribution in [0.2, 0.25) is 5.15 Å². The SMILES string of the molecule is CN1CCC(CNc2cc(Cl)ncn2)CC1. The number of hydrogen-bond donors (Lipinski definition) is 1. The van der Waals surface area contributed by atoms with Crippen molar-refractivity contribution >= 4 is 17.4 Å². The Morgan fingerprint density at radius 3 is 2.88 bits per heavy atom. The van der Waals surface area contributed by atoms with E-state index >= 15 is 0 Å². The third-order valence-electron chi connectivity index (χ3n) is 3.04. The molecule has 0 amide bonds. The highest BCUT2D eigenvalue weighted by Crippen LogP contribution is 2.17. The van der Waals surface area contributed by atoms with Crippen molar-refractivity contribution in [2.45, 2.75) is 12.8 Å². The highest BCUT2D eigenvalue weighted by Gasteiger charge is 2.16. The summed E-state index contributed by atoms with van der Waals surface area (Å²) in [7, 11) is 2.17. The number of rotatable bonds is 3. The standard InChI is InChI=1S/C11H17ClN4/c1-16-4-2-9(3-5-16)7-13-11-6-10(12)14-8-15-11/h6,8-9H,2-5,7H2,1H3,(H,13,14,15). The first-order valence-electron chi connectivity index (χ1n) is 5.64. The lowest BCUT2D eigenvalue weighted by molar-refractivity contribution is 0.226. The van der Waals surface area contributed by atoms with E-state index in [0.29, 0.717) is 5.15 Å². The van der Waals surface area contributed by atoms with E-state index in [-0.39, 0.29) is 0 Å². The van der Waals surface area contributed by atoms with Crippen LogP contribution in [0.3, 0.4) is 0 Å². The first-order chi connectivity index (χ1) is 7.74. The van der Waals surface area contributed by atoms with Crippen LogP contribution >= 0.6 is 11.6 Å². The van der Waals surface area contributed by atoms with Crippen LogP contribution in [0.5, 0.6) is 0 Å². The number of likely N-dealkylation sites (tertiary alicyclic amines) is 1. The van der Waals surface area contributed by atoms with Gasteiger partial charge in [0.05, 0.1) is 0 Å². The van der Waals surface area contributed by atoms with Crippen molar-refractivity contribution in [1.82, 2.24) is 14.9 Å². The average Bonchev–Trinajstić information content (AvgIpc) is 2.28. The maximum absolute atomic E-state index is 5.79. The molecule has 0 unspecified atom stereocenters. The third kappa shape index (κ3) is 3.32. The molecule has 16 heavy (non-hydrogen) atoms. The van der Waals surface area contributed by atoms with Crippen LogP contribution < -0.4 is 5.32 Å². The Bertz CT molecular complexity index is 337. The van der Waals surface area contributed by atoms with Gasteiger partial charge >= 0.3 is 0 Å². The summed E-state index contributed by atoms with van der Waals surface area (Å²) >= 11 is 5.79. The number of aromatic nitrogens is 2. The molecule has 1 fully saturated rings. The average molecular weight is 241 g/mol. The first kappa shape index (κ1) is 11.6. The summed E-state index contributed by atoms with van der Waals surface area (Å²) in [5, 5.41) is 3.80. The number of piperidine rings is 1. The maximum atomic E-state index is 5.79. The normalized spacial score (nSPS) is 18.6. The van der Waals surface area contributed by atoms with Crippen molar-refractivity contribution in [1.29, 1.82) is 0 Å². The summed E-state index contributed by atoms with van der Waals surface area (Å²) in [6, 6.07) is 1.76. The van der Waals surface area contributed by atoms with Gasteiger partial charge in [-0.1, -0.05) is 11.6 Å².